The van der Waals surface area contributed by atoms with Crippen LogP contribution in [0.3, 0.4) is 0 Å². The minimum absolute atomic E-state index is 0.191. The van der Waals surface area contributed by atoms with E-state index >= 15 is 0 Å². The molecule has 0 bridgehead atoms. The third-order valence-corrected chi connectivity index (χ3v) is 3.75. The van der Waals surface area contributed by atoms with Crippen LogP contribution in [0.4, 0.5) is 5.69 Å². The molecule has 5 heteroatoms. The number of aromatic nitrogens is 2. The largest absolute Gasteiger partial charge is 0.399 e. The molecule has 1 aromatic heterocycles. The van der Waals surface area contributed by atoms with Gasteiger partial charge in [0.1, 0.15) is 5.82 Å². The van der Waals surface area contributed by atoms with Crippen molar-refractivity contribution in [3.05, 3.63) is 24.0 Å². The summed E-state index contributed by atoms with van der Waals surface area (Å²) < 4.78 is 2.17. The molecule has 0 radical (unpaired) electrons. The Kier molecular flexibility index (Phi) is 3.34. The van der Waals surface area contributed by atoms with E-state index in [0.29, 0.717) is 6.54 Å². The van der Waals surface area contributed by atoms with Crippen molar-refractivity contribution in [1.82, 2.24) is 14.9 Å². The third-order valence-electron chi connectivity index (χ3n) is 3.75. The monoisotopic (exact) mass is 272 g/mol. The summed E-state index contributed by atoms with van der Waals surface area (Å²) >= 11 is 0. The van der Waals surface area contributed by atoms with E-state index in [1.807, 2.05) is 18.2 Å². The maximum Gasteiger partial charge on any atom is 0.223 e. The average Bonchev–Trinajstić information content (AvgIpc) is 3.22. The summed E-state index contributed by atoms with van der Waals surface area (Å²) in [7, 11) is 0. The van der Waals surface area contributed by atoms with E-state index in [-0.39, 0.29) is 11.8 Å². The van der Waals surface area contributed by atoms with Gasteiger partial charge in [0.2, 0.25) is 5.91 Å². The number of nitrogens with one attached hydrogen (secondary N) is 1. The number of carbonyl (C=O) groups is 1. The number of fused-ring (bicyclic) bond motifs is 1. The van der Waals surface area contributed by atoms with Crippen molar-refractivity contribution in [2.75, 3.05) is 12.3 Å². The highest BCUT2D eigenvalue weighted by Crippen LogP contribution is 2.28. The van der Waals surface area contributed by atoms with Gasteiger partial charge in [0, 0.05) is 31.1 Å². The quantitative estimate of drug-likeness (QED) is 0.814. The summed E-state index contributed by atoms with van der Waals surface area (Å²) in [6.07, 6.45) is 2.95. The van der Waals surface area contributed by atoms with Crippen LogP contribution in [0.5, 0.6) is 0 Å². The summed E-state index contributed by atoms with van der Waals surface area (Å²) in [5.74, 6) is 1.49. The number of rotatable bonds is 5. The fraction of sp³-hybridized carbons (Fsp3) is 0.467. The number of nitrogens with two attached hydrogens (primary N) is 1. The van der Waals surface area contributed by atoms with Gasteiger partial charge in [0.25, 0.3) is 0 Å². The van der Waals surface area contributed by atoms with Gasteiger partial charge >= 0.3 is 0 Å². The van der Waals surface area contributed by atoms with Gasteiger partial charge in [-0.05, 0) is 31.0 Å². The summed E-state index contributed by atoms with van der Waals surface area (Å²) in [4.78, 5) is 16.3. The maximum atomic E-state index is 11.6. The van der Waals surface area contributed by atoms with E-state index in [1.165, 1.54) is 0 Å². The number of carbonyl (C=O) groups excluding carboxylic acids is 1. The van der Waals surface area contributed by atoms with Gasteiger partial charge in [-0.15, -0.1) is 0 Å². The van der Waals surface area contributed by atoms with Crippen molar-refractivity contribution in [2.45, 2.75) is 32.7 Å². The molecule has 0 atom stereocenters. The van der Waals surface area contributed by atoms with Gasteiger partial charge in [0.15, 0.2) is 0 Å². The Balaban J connectivity index is 1.76. The van der Waals surface area contributed by atoms with E-state index in [4.69, 9.17) is 5.73 Å². The van der Waals surface area contributed by atoms with Gasteiger partial charge in [-0.3, -0.25) is 4.79 Å². The number of imidazole rings is 1. The molecule has 1 aromatic carbocycles. The van der Waals surface area contributed by atoms with Crippen molar-refractivity contribution < 1.29 is 4.79 Å². The molecule has 1 heterocycles. The Morgan fingerprint density at radius 2 is 2.30 bits per heavy atom. The lowest BCUT2D eigenvalue weighted by Gasteiger charge is -2.09. The van der Waals surface area contributed by atoms with Crippen molar-refractivity contribution in [3.8, 4) is 0 Å². The number of hydrogen-bond donors (Lipinski definition) is 2. The predicted molar refractivity (Wildman–Crippen MR) is 79.3 cm³/mol. The van der Waals surface area contributed by atoms with E-state index in [2.05, 4.69) is 21.8 Å². The highest BCUT2D eigenvalue weighted by atomic mass is 16.2. The number of amides is 1. The SMILES string of the molecule is CCc1nc2cc(N)ccc2n1CCNC(=O)C1CC1. The predicted octanol–water partition coefficient (Wildman–Crippen LogP) is 1.71. The Morgan fingerprint density at radius 1 is 1.50 bits per heavy atom. The Morgan fingerprint density at radius 3 is 3.00 bits per heavy atom. The van der Waals surface area contributed by atoms with E-state index < -0.39 is 0 Å². The van der Waals surface area contributed by atoms with Gasteiger partial charge in [-0.1, -0.05) is 6.92 Å². The van der Waals surface area contributed by atoms with Crippen molar-refractivity contribution in [2.24, 2.45) is 5.92 Å². The van der Waals surface area contributed by atoms with Crippen LogP contribution in [0.15, 0.2) is 18.2 Å². The molecule has 2 aromatic rings. The van der Waals surface area contributed by atoms with Gasteiger partial charge in [-0.25, -0.2) is 4.98 Å². The second-order valence-corrected chi connectivity index (χ2v) is 5.35. The lowest BCUT2D eigenvalue weighted by molar-refractivity contribution is -0.122. The van der Waals surface area contributed by atoms with Crippen LogP contribution in [-0.2, 0) is 17.8 Å². The number of hydrogen-bond acceptors (Lipinski definition) is 3. The first-order valence-electron chi connectivity index (χ1n) is 7.21. The molecular weight excluding hydrogens is 252 g/mol. The maximum absolute atomic E-state index is 11.6. The average molecular weight is 272 g/mol. The molecule has 3 rings (SSSR count). The normalized spacial score (nSPS) is 14.7. The molecule has 1 aliphatic carbocycles. The van der Waals surface area contributed by atoms with Gasteiger partial charge in [-0.2, -0.15) is 0 Å². The molecule has 5 nitrogen and oxygen atoms in total. The Bertz CT molecular complexity index is 643. The van der Waals surface area contributed by atoms with E-state index in [9.17, 15) is 4.79 Å². The number of aryl methyl sites for hydroxylation is 1. The van der Waals surface area contributed by atoms with Gasteiger partial charge < -0.3 is 15.6 Å². The molecule has 0 unspecified atom stereocenters. The van der Waals surface area contributed by atoms with Crippen molar-refractivity contribution in [1.29, 1.82) is 0 Å². The molecule has 1 amide bonds. The minimum atomic E-state index is 0.191. The smallest absolute Gasteiger partial charge is 0.223 e. The third kappa shape index (κ3) is 2.48. The molecule has 20 heavy (non-hydrogen) atoms. The number of benzene rings is 1. The molecule has 0 aliphatic heterocycles. The summed E-state index contributed by atoms with van der Waals surface area (Å²) in [6, 6.07) is 5.79. The molecule has 106 valence electrons. The first kappa shape index (κ1) is 13.0. The lowest BCUT2D eigenvalue weighted by Crippen LogP contribution is -2.28. The highest BCUT2D eigenvalue weighted by Gasteiger charge is 2.29. The van der Waals surface area contributed by atoms with Crippen LogP contribution in [0.1, 0.15) is 25.6 Å². The number of anilines is 1. The number of nitrogens with zero attached hydrogens (tertiary/aromatic N) is 2. The highest BCUT2D eigenvalue weighted by molar-refractivity contribution is 5.81. The molecule has 1 saturated carbocycles. The second-order valence-electron chi connectivity index (χ2n) is 5.35. The minimum Gasteiger partial charge on any atom is -0.399 e. The zero-order valence-electron chi connectivity index (χ0n) is 11.7. The molecule has 1 fully saturated rings. The number of nitrogen functional groups attached to an aromatic ring is 1. The molecule has 0 spiro atoms. The zero-order chi connectivity index (χ0) is 14.1. The van der Waals surface area contributed by atoms with Crippen LogP contribution in [0, 0.1) is 5.92 Å². The van der Waals surface area contributed by atoms with Crippen LogP contribution >= 0.6 is 0 Å². The first-order valence-corrected chi connectivity index (χ1v) is 7.21. The van der Waals surface area contributed by atoms with Crippen LogP contribution in [0.2, 0.25) is 0 Å². The summed E-state index contributed by atoms with van der Waals surface area (Å²) in [6.45, 7) is 3.49. The Labute approximate surface area is 118 Å². The van der Waals surface area contributed by atoms with Crippen LogP contribution in [-0.4, -0.2) is 22.0 Å². The first-order chi connectivity index (χ1) is 9.69. The van der Waals surface area contributed by atoms with E-state index in [0.717, 1.165) is 48.4 Å². The fourth-order valence-electron chi connectivity index (χ4n) is 2.50. The molecule has 1 aliphatic rings. The van der Waals surface area contributed by atoms with Crippen molar-refractivity contribution in [3.63, 3.8) is 0 Å². The fourth-order valence-corrected chi connectivity index (χ4v) is 2.50. The van der Waals surface area contributed by atoms with Crippen LogP contribution in [0.25, 0.3) is 11.0 Å². The Hall–Kier alpha value is -2.04. The second kappa shape index (κ2) is 5.15. The van der Waals surface area contributed by atoms with Gasteiger partial charge in [0.05, 0.1) is 11.0 Å². The summed E-state index contributed by atoms with van der Waals surface area (Å²) in [5, 5.41) is 3.00. The molecule has 3 N–H and O–H groups in total. The molecular formula is C15H20N4O. The zero-order valence-corrected chi connectivity index (χ0v) is 11.7. The van der Waals surface area contributed by atoms with Crippen LogP contribution < -0.4 is 11.1 Å². The molecule has 0 saturated heterocycles. The van der Waals surface area contributed by atoms with E-state index in [1.54, 1.807) is 0 Å². The summed E-state index contributed by atoms with van der Waals surface area (Å²) in [5.41, 5.74) is 8.53. The standard InChI is InChI=1S/C15H20N4O/c1-2-14-18-12-9-11(16)5-6-13(12)19(14)8-7-17-15(20)10-3-4-10/h5-6,9-10H,2-4,7-8,16H2,1H3,(H,17,20). The topological polar surface area (TPSA) is 72.9 Å². The van der Waals surface area contributed by atoms with Crippen molar-refractivity contribution >= 4 is 22.6 Å². The lowest BCUT2D eigenvalue weighted by atomic mass is 10.3.